The maximum atomic E-state index is 11.7. The lowest BCUT2D eigenvalue weighted by atomic mass is 9.93. The zero-order valence-electron chi connectivity index (χ0n) is 13.3. The van der Waals surface area contributed by atoms with Crippen LogP contribution in [0.1, 0.15) is 45.4 Å². The fraction of sp³-hybridized carbons (Fsp3) is 0.933. The number of Topliss-reactive ketones (excluding diaryl/α,β-unsaturated/α-hetero) is 1. The molecule has 2 heterocycles. The standard InChI is InChI=1S/C15H28N2O3S/c1-13(18)10-15-7-3-4-8-16(15)11-14-6-5-9-17(12-14)21(2,19)20/h14-15H,3-12H2,1-2H3. The highest BCUT2D eigenvalue weighted by Gasteiger charge is 2.30. The van der Waals surface area contributed by atoms with E-state index in [1.54, 1.807) is 11.2 Å². The third-order valence-corrected chi connectivity index (χ3v) is 5.99. The smallest absolute Gasteiger partial charge is 0.211 e. The van der Waals surface area contributed by atoms with Gasteiger partial charge in [0.15, 0.2) is 0 Å². The van der Waals surface area contributed by atoms with Crippen molar-refractivity contribution in [3.8, 4) is 0 Å². The Morgan fingerprint density at radius 3 is 2.57 bits per heavy atom. The van der Waals surface area contributed by atoms with Gasteiger partial charge in [-0.2, -0.15) is 0 Å². The second kappa shape index (κ2) is 7.20. The van der Waals surface area contributed by atoms with Crippen molar-refractivity contribution in [2.45, 2.75) is 51.5 Å². The lowest BCUT2D eigenvalue weighted by molar-refractivity contribution is -0.118. The maximum absolute atomic E-state index is 11.7. The Bertz CT molecular complexity index is 464. The molecule has 0 spiro atoms. The molecule has 2 aliphatic heterocycles. The van der Waals surface area contributed by atoms with Crippen LogP contribution in [0.2, 0.25) is 0 Å². The van der Waals surface area contributed by atoms with Crippen LogP contribution in [-0.2, 0) is 14.8 Å². The van der Waals surface area contributed by atoms with Crippen LogP contribution in [0.15, 0.2) is 0 Å². The van der Waals surface area contributed by atoms with Crippen LogP contribution in [0.5, 0.6) is 0 Å². The number of likely N-dealkylation sites (tertiary alicyclic amines) is 1. The molecule has 2 atom stereocenters. The number of carbonyl (C=O) groups is 1. The van der Waals surface area contributed by atoms with Crippen LogP contribution in [0, 0.1) is 5.92 Å². The molecule has 0 aromatic carbocycles. The molecule has 2 rings (SSSR count). The Morgan fingerprint density at radius 1 is 1.14 bits per heavy atom. The average molecular weight is 316 g/mol. The maximum Gasteiger partial charge on any atom is 0.211 e. The summed E-state index contributed by atoms with van der Waals surface area (Å²) in [4.78, 5) is 13.9. The summed E-state index contributed by atoms with van der Waals surface area (Å²) in [5.41, 5.74) is 0. The third-order valence-electron chi connectivity index (χ3n) is 4.72. The monoisotopic (exact) mass is 316 g/mol. The van der Waals surface area contributed by atoms with E-state index < -0.39 is 10.0 Å². The fourth-order valence-corrected chi connectivity index (χ4v) is 4.61. The van der Waals surface area contributed by atoms with Crippen molar-refractivity contribution in [1.82, 2.24) is 9.21 Å². The van der Waals surface area contributed by atoms with Gasteiger partial charge in [-0.15, -0.1) is 0 Å². The van der Waals surface area contributed by atoms with Crippen molar-refractivity contribution in [3.63, 3.8) is 0 Å². The van der Waals surface area contributed by atoms with Gasteiger partial charge in [0.05, 0.1) is 6.26 Å². The number of sulfonamides is 1. The Hall–Kier alpha value is -0.460. The first-order valence-electron chi connectivity index (χ1n) is 8.05. The summed E-state index contributed by atoms with van der Waals surface area (Å²) in [6.45, 7) is 4.95. The predicted molar refractivity (Wildman–Crippen MR) is 83.7 cm³/mol. The Kier molecular flexibility index (Phi) is 5.80. The molecule has 6 heteroatoms. The quantitative estimate of drug-likeness (QED) is 0.771. The van der Waals surface area contributed by atoms with Crippen LogP contribution >= 0.6 is 0 Å². The molecular weight excluding hydrogens is 288 g/mol. The lowest BCUT2D eigenvalue weighted by Gasteiger charge is -2.40. The molecule has 2 unspecified atom stereocenters. The van der Waals surface area contributed by atoms with Gasteiger partial charge in [-0.25, -0.2) is 12.7 Å². The first-order valence-corrected chi connectivity index (χ1v) is 9.89. The van der Waals surface area contributed by atoms with Crippen molar-refractivity contribution in [2.24, 2.45) is 5.92 Å². The number of hydrogen-bond acceptors (Lipinski definition) is 4. The van der Waals surface area contributed by atoms with Gasteiger partial charge in [0.25, 0.3) is 0 Å². The lowest BCUT2D eigenvalue weighted by Crippen LogP contribution is -2.47. The zero-order valence-corrected chi connectivity index (χ0v) is 14.1. The van der Waals surface area contributed by atoms with Crippen LogP contribution in [0.25, 0.3) is 0 Å². The second-order valence-electron chi connectivity index (χ2n) is 6.68. The molecule has 0 amide bonds. The largest absolute Gasteiger partial charge is 0.300 e. The highest BCUT2D eigenvalue weighted by Crippen LogP contribution is 2.25. The van der Waals surface area contributed by atoms with E-state index >= 15 is 0 Å². The van der Waals surface area contributed by atoms with Crippen LogP contribution in [0.3, 0.4) is 0 Å². The third kappa shape index (κ3) is 5.04. The van der Waals surface area contributed by atoms with Gasteiger partial charge in [0.2, 0.25) is 10.0 Å². The molecule has 2 fully saturated rings. The molecule has 5 nitrogen and oxygen atoms in total. The van der Waals surface area contributed by atoms with E-state index in [-0.39, 0.29) is 5.78 Å². The molecule has 0 aliphatic carbocycles. The van der Waals surface area contributed by atoms with Crippen molar-refractivity contribution >= 4 is 15.8 Å². The summed E-state index contributed by atoms with van der Waals surface area (Å²) in [6, 6.07) is 0.366. The SMILES string of the molecule is CC(=O)CC1CCCCN1CC1CCCN(S(C)(=O)=O)C1. The Labute approximate surface area is 128 Å². The number of hydrogen-bond donors (Lipinski definition) is 0. The van der Waals surface area contributed by atoms with E-state index in [4.69, 9.17) is 0 Å². The van der Waals surface area contributed by atoms with E-state index in [1.165, 1.54) is 19.1 Å². The van der Waals surface area contributed by atoms with E-state index in [1.807, 2.05) is 0 Å². The summed E-state index contributed by atoms with van der Waals surface area (Å²) < 4.78 is 25.0. The topological polar surface area (TPSA) is 57.7 Å². The minimum Gasteiger partial charge on any atom is -0.300 e. The first kappa shape index (κ1) is 16.9. The number of carbonyl (C=O) groups excluding carboxylic acids is 1. The van der Waals surface area contributed by atoms with E-state index in [0.717, 1.165) is 32.4 Å². The van der Waals surface area contributed by atoms with Gasteiger partial charge in [0.1, 0.15) is 5.78 Å². The average Bonchev–Trinajstić information content (AvgIpc) is 2.40. The fourth-order valence-electron chi connectivity index (χ4n) is 3.67. The summed E-state index contributed by atoms with van der Waals surface area (Å²) in [5.74, 6) is 0.661. The Morgan fingerprint density at radius 2 is 1.90 bits per heavy atom. The Balaban J connectivity index is 1.93. The van der Waals surface area contributed by atoms with Crippen molar-refractivity contribution in [2.75, 3.05) is 32.4 Å². The molecule has 0 radical (unpaired) electrons. The number of piperidine rings is 2. The summed E-state index contributed by atoms with van der Waals surface area (Å²) in [7, 11) is -3.07. The van der Waals surface area contributed by atoms with E-state index in [2.05, 4.69) is 4.90 Å². The zero-order chi connectivity index (χ0) is 15.5. The molecule has 0 aromatic rings. The van der Waals surface area contributed by atoms with Gasteiger partial charge in [-0.3, -0.25) is 9.69 Å². The normalized spacial score (nSPS) is 29.4. The van der Waals surface area contributed by atoms with Gasteiger partial charge < -0.3 is 0 Å². The predicted octanol–water partition coefficient (Wildman–Crippen LogP) is 1.49. The summed E-state index contributed by atoms with van der Waals surface area (Å²) in [5, 5.41) is 0. The van der Waals surface area contributed by atoms with Crippen LogP contribution < -0.4 is 0 Å². The van der Waals surface area contributed by atoms with Crippen LogP contribution in [0.4, 0.5) is 0 Å². The van der Waals surface area contributed by atoms with Crippen molar-refractivity contribution < 1.29 is 13.2 Å². The molecule has 0 saturated carbocycles. The molecule has 2 aliphatic rings. The number of ketones is 1. The van der Waals surface area contributed by atoms with Crippen molar-refractivity contribution in [1.29, 1.82) is 0 Å². The molecule has 2 saturated heterocycles. The van der Waals surface area contributed by atoms with Gasteiger partial charge in [0, 0.05) is 32.1 Å². The minimum absolute atomic E-state index is 0.258. The molecule has 0 bridgehead atoms. The van der Waals surface area contributed by atoms with Gasteiger partial charge in [-0.1, -0.05) is 6.42 Å². The van der Waals surface area contributed by atoms with Gasteiger partial charge >= 0.3 is 0 Å². The number of rotatable bonds is 5. The van der Waals surface area contributed by atoms with Crippen LogP contribution in [-0.4, -0.2) is 61.9 Å². The molecular formula is C15H28N2O3S. The number of nitrogens with zero attached hydrogens (tertiary/aromatic N) is 2. The van der Waals surface area contributed by atoms with Crippen molar-refractivity contribution in [3.05, 3.63) is 0 Å². The van der Waals surface area contributed by atoms with Gasteiger partial charge in [-0.05, 0) is 45.1 Å². The summed E-state index contributed by atoms with van der Waals surface area (Å²) >= 11 is 0. The molecule has 0 aromatic heterocycles. The molecule has 21 heavy (non-hydrogen) atoms. The highest BCUT2D eigenvalue weighted by molar-refractivity contribution is 7.88. The minimum atomic E-state index is -3.07. The van der Waals surface area contributed by atoms with E-state index in [9.17, 15) is 13.2 Å². The molecule has 122 valence electrons. The van der Waals surface area contributed by atoms with E-state index in [0.29, 0.717) is 31.5 Å². The molecule has 0 N–H and O–H groups in total. The first-order chi connectivity index (χ1) is 9.86. The highest BCUT2D eigenvalue weighted by atomic mass is 32.2. The second-order valence-corrected chi connectivity index (χ2v) is 8.66. The summed E-state index contributed by atoms with van der Waals surface area (Å²) in [6.07, 6.45) is 7.48.